The summed E-state index contributed by atoms with van der Waals surface area (Å²) in [4.78, 5) is 32.1. The molecule has 1 fully saturated rings. The smallest absolute Gasteiger partial charge is 0.234 e. The largest absolute Gasteiger partial charge is 0.441 e. The number of piperazine rings is 1. The summed E-state index contributed by atoms with van der Waals surface area (Å²) in [5.41, 5.74) is 0.357. The molecule has 1 aromatic heterocycles. The lowest BCUT2D eigenvalue weighted by atomic mass is 10.2. The number of hydrogen-bond donors (Lipinski definition) is 1. The summed E-state index contributed by atoms with van der Waals surface area (Å²) in [6.07, 6.45) is 2.14. The molecule has 0 unspecified atom stereocenters. The van der Waals surface area contributed by atoms with Gasteiger partial charge in [-0.15, -0.1) is 0 Å². The fourth-order valence-electron chi connectivity index (χ4n) is 3.19. The average molecular weight is 388 g/mol. The third-order valence-electron chi connectivity index (χ3n) is 4.71. The van der Waals surface area contributed by atoms with Gasteiger partial charge < -0.3 is 14.6 Å². The van der Waals surface area contributed by atoms with Gasteiger partial charge in [0, 0.05) is 45.6 Å². The van der Waals surface area contributed by atoms with Gasteiger partial charge in [0.15, 0.2) is 11.7 Å². The van der Waals surface area contributed by atoms with E-state index in [1.165, 1.54) is 12.3 Å². The van der Waals surface area contributed by atoms with E-state index < -0.39 is 0 Å². The molecule has 7 nitrogen and oxygen atoms in total. The van der Waals surface area contributed by atoms with E-state index in [9.17, 15) is 14.0 Å². The zero-order chi connectivity index (χ0) is 19.9. The van der Waals surface area contributed by atoms with E-state index >= 15 is 0 Å². The molecule has 1 aliphatic heterocycles. The summed E-state index contributed by atoms with van der Waals surface area (Å²) in [6, 6.07) is 6.35. The van der Waals surface area contributed by atoms with Crippen molar-refractivity contribution in [2.24, 2.45) is 0 Å². The van der Waals surface area contributed by atoms with Gasteiger partial charge in [0.25, 0.3) is 0 Å². The molecule has 1 saturated heterocycles. The predicted molar refractivity (Wildman–Crippen MR) is 102 cm³/mol. The van der Waals surface area contributed by atoms with Crippen molar-refractivity contribution >= 4 is 11.8 Å². The summed E-state index contributed by atoms with van der Waals surface area (Å²) >= 11 is 0. The first-order valence-electron chi connectivity index (χ1n) is 9.53. The van der Waals surface area contributed by atoms with Crippen LogP contribution >= 0.6 is 0 Å². The standard InChI is InChI=1S/C20H25FN4O3/c1-2-22-18(26)14-24-9-11-25(12-10-24)20(27)8-7-19-23-13-17(28-19)15-5-3-4-6-16(15)21/h3-6,13H,2,7-12,14H2,1H3,(H,22,26). The normalized spacial score (nSPS) is 14.9. The van der Waals surface area contributed by atoms with Crippen LogP contribution in [-0.2, 0) is 16.0 Å². The number of aromatic nitrogens is 1. The lowest BCUT2D eigenvalue weighted by molar-refractivity contribution is -0.133. The van der Waals surface area contributed by atoms with Crippen LogP contribution in [0.1, 0.15) is 19.2 Å². The number of nitrogens with one attached hydrogen (secondary N) is 1. The Morgan fingerprint density at radius 1 is 1.21 bits per heavy atom. The van der Waals surface area contributed by atoms with Gasteiger partial charge in [-0.25, -0.2) is 9.37 Å². The van der Waals surface area contributed by atoms with Crippen molar-refractivity contribution < 1.29 is 18.4 Å². The first kappa shape index (κ1) is 20.0. The van der Waals surface area contributed by atoms with E-state index in [-0.39, 0.29) is 24.1 Å². The number of rotatable bonds is 7. The minimum Gasteiger partial charge on any atom is -0.441 e. The summed E-state index contributed by atoms with van der Waals surface area (Å²) < 4.78 is 19.4. The van der Waals surface area contributed by atoms with Crippen LogP contribution in [0, 0.1) is 5.82 Å². The summed E-state index contributed by atoms with van der Waals surface area (Å²) in [6.45, 7) is 5.44. The van der Waals surface area contributed by atoms with E-state index in [0.717, 1.165) is 0 Å². The van der Waals surface area contributed by atoms with Gasteiger partial charge >= 0.3 is 0 Å². The molecule has 0 bridgehead atoms. The topological polar surface area (TPSA) is 78.7 Å². The fourth-order valence-corrected chi connectivity index (χ4v) is 3.19. The molecule has 0 spiro atoms. The van der Waals surface area contributed by atoms with Crippen LogP contribution in [0.5, 0.6) is 0 Å². The highest BCUT2D eigenvalue weighted by Gasteiger charge is 2.22. The molecule has 1 N–H and O–H groups in total. The van der Waals surface area contributed by atoms with Crippen LogP contribution in [0.4, 0.5) is 4.39 Å². The molecule has 2 amide bonds. The van der Waals surface area contributed by atoms with Crippen LogP contribution in [0.25, 0.3) is 11.3 Å². The zero-order valence-corrected chi connectivity index (χ0v) is 16.0. The van der Waals surface area contributed by atoms with Crippen molar-refractivity contribution in [3.63, 3.8) is 0 Å². The number of likely N-dealkylation sites (N-methyl/N-ethyl adjacent to an activating group) is 1. The Kier molecular flexibility index (Phi) is 6.76. The number of carbonyl (C=O) groups excluding carboxylic acids is 2. The zero-order valence-electron chi connectivity index (χ0n) is 16.0. The molecule has 1 aliphatic rings. The highest BCUT2D eigenvalue weighted by molar-refractivity contribution is 5.78. The fraction of sp³-hybridized carbons (Fsp3) is 0.450. The Morgan fingerprint density at radius 2 is 1.96 bits per heavy atom. The van der Waals surface area contributed by atoms with E-state index in [0.29, 0.717) is 62.9 Å². The minimum atomic E-state index is -0.369. The number of hydrogen-bond acceptors (Lipinski definition) is 5. The maximum absolute atomic E-state index is 13.8. The van der Waals surface area contributed by atoms with Gasteiger partial charge in [-0.3, -0.25) is 14.5 Å². The minimum absolute atomic E-state index is 0.0110. The van der Waals surface area contributed by atoms with Crippen molar-refractivity contribution in [1.82, 2.24) is 20.1 Å². The Labute approximate surface area is 163 Å². The highest BCUT2D eigenvalue weighted by Crippen LogP contribution is 2.23. The van der Waals surface area contributed by atoms with Crippen LogP contribution in [0.3, 0.4) is 0 Å². The highest BCUT2D eigenvalue weighted by atomic mass is 19.1. The second kappa shape index (κ2) is 9.45. The van der Waals surface area contributed by atoms with Crippen LogP contribution in [0.2, 0.25) is 0 Å². The summed E-state index contributed by atoms with van der Waals surface area (Å²) in [5, 5.41) is 2.78. The van der Waals surface area contributed by atoms with Gasteiger partial charge in [0.1, 0.15) is 5.82 Å². The molecule has 0 atom stereocenters. The molecule has 8 heteroatoms. The van der Waals surface area contributed by atoms with Gasteiger partial charge in [0.05, 0.1) is 18.3 Å². The molecule has 150 valence electrons. The number of halogens is 1. The van der Waals surface area contributed by atoms with Crippen molar-refractivity contribution in [1.29, 1.82) is 0 Å². The molecule has 0 aliphatic carbocycles. The Balaban J connectivity index is 1.45. The number of nitrogens with zero attached hydrogens (tertiary/aromatic N) is 3. The van der Waals surface area contributed by atoms with Crippen LogP contribution < -0.4 is 5.32 Å². The maximum Gasteiger partial charge on any atom is 0.234 e. The SMILES string of the molecule is CCNC(=O)CN1CCN(C(=O)CCc2ncc(-c3ccccc3F)o2)CC1. The Bertz CT molecular complexity index is 815. The van der Waals surface area contributed by atoms with Gasteiger partial charge in [-0.1, -0.05) is 12.1 Å². The van der Waals surface area contributed by atoms with Crippen LogP contribution in [-0.4, -0.2) is 65.9 Å². The molecule has 0 saturated carbocycles. The lowest BCUT2D eigenvalue weighted by Gasteiger charge is -2.34. The van der Waals surface area contributed by atoms with Crippen molar-refractivity contribution in [2.75, 3.05) is 39.3 Å². The average Bonchev–Trinajstić information content (AvgIpc) is 3.16. The summed E-state index contributed by atoms with van der Waals surface area (Å²) in [5.74, 6) is 0.452. The van der Waals surface area contributed by atoms with Crippen molar-refractivity contribution in [3.8, 4) is 11.3 Å². The van der Waals surface area contributed by atoms with E-state index in [2.05, 4.69) is 10.3 Å². The van der Waals surface area contributed by atoms with E-state index in [4.69, 9.17) is 4.42 Å². The van der Waals surface area contributed by atoms with E-state index in [1.54, 1.807) is 23.1 Å². The van der Waals surface area contributed by atoms with Crippen molar-refractivity contribution in [3.05, 3.63) is 42.2 Å². The van der Waals surface area contributed by atoms with E-state index in [1.807, 2.05) is 11.8 Å². The third kappa shape index (κ3) is 5.16. The predicted octanol–water partition coefficient (Wildman–Crippen LogP) is 1.69. The van der Waals surface area contributed by atoms with Crippen LogP contribution in [0.15, 0.2) is 34.9 Å². The Hall–Kier alpha value is -2.74. The molecule has 0 radical (unpaired) electrons. The van der Waals surface area contributed by atoms with Crippen molar-refractivity contribution in [2.45, 2.75) is 19.8 Å². The molecular weight excluding hydrogens is 363 g/mol. The molecule has 2 heterocycles. The number of aryl methyl sites for hydroxylation is 1. The number of benzene rings is 1. The maximum atomic E-state index is 13.8. The Morgan fingerprint density at radius 3 is 2.68 bits per heavy atom. The van der Waals surface area contributed by atoms with Gasteiger partial charge in [0.2, 0.25) is 11.8 Å². The summed E-state index contributed by atoms with van der Waals surface area (Å²) in [7, 11) is 0. The molecule has 3 rings (SSSR count). The lowest BCUT2D eigenvalue weighted by Crippen LogP contribution is -2.51. The van der Waals surface area contributed by atoms with Gasteiger partial charge in [-0.2, -0.15) is 0 Å². The molecule has 2 aromatic rings. The second-order valence-electron chi connectivity index (χ2n) is 6.71. The molecule has 1 aromatic carbocycles. The molecular formula is C20H25FN4O3. The monoisotopic (exact) mass is 388 g/mol. The molecule has 28 heavy (non-hydrogen) atoms. The number of carbonyl (C=O) groups is 2. The van der Waals surface area contributed by atoms with Gasteiger partial charge in [-0.05, 0) is 19.1 Å². The second-order valence-corrected chi connectivity index (χ2v) is 6.71. The third-order valence-corrected chi connectivity index (χ3v) is 4.71. The quantitative estimate of drug-likeness (QED) is 0.781. The first-order valence-corrected chi connectivity index (χ1v) is 9.53. The first-order chi connectivity index (χ1) is 13.6. The number of amides is 2. The number of oxazole rings is 1.